The summed E-state index contributed by atoms with van der Waals surface area (Å²) in [5.74, 6) is 0.845. The van der Waals surface area contributed by atoms with Gasteiger partial charge in [0.2, 0.25) is 0 Å². The number of aryl methyl sites for hydroxylation is 2. The number of ether oxygens (including phenoxy) is 2. The number of benzene rings is 1. The standard InChI is InChI=1S/C16H24ClNO2/c1-13-5-6-14(2)16(15(13)17)20-10-4-3-7-18-8-11-19-12-9-18/h5-6H,3-4,7-12H2,1-2H3. The molecule has 1 aliphatic heterocycles. The van der Waals surface area contributed by atoms with Gasteiger partial charge in [-0.2, -0.15) is 0 Å². The molecule has 1 fully saturated rings. The zero-order valence-electron chi connectivity index (χ0n) is 12.5. The van der Waals surface area contributed by atoms with Crippen molar-refractivity contribution >= 4 is 11.6 Å². The Bertz CT molecular complexity index is 431. The number of morpholine rings is 1. The fraction of sp³-hybridized carbons (Fsp3) is 0.625. The second-order valence-corrected chi connectivity index (χ2v) is 5.73. The normalized spacial score (nSPS) is 16.4. The maximum absolute atomic E-state index is 6.29. The molecule has 1 aliphatic rings. The van der Waals surface area contributed by atoms with Gasteiger partial charge in [0.05, 0.1) is 24.8 Å². The average Bonchev–Trinajstić information content (AvgIpc) is 2.47. The van der Waals surface area contributed by atoms with E-state index in [9.17, 15) is 0 Å². The minimum absolute atomic E-state index is 0.731. The third kappa shape index (κ3) is 4.37. The summed E-state index contributed by atoms with van der Waals surface area (Å²) in [6.07, 6.45) is 2.21. The molecule has 0 N–H and O–H groups in total. The molecule has 0 unspecified atom stereocenters. The maximum Gasteiger partial charge on any atom is 0.141 e. The Labute approximate surface area is 126 Å². The summed E-state index contributed by atoms with van der Waals surface area (Å²) in [7, 11) is 0. The molecule has 20 heavy (non-hydrogen) atoms. The van der Waals surface area contributed by atoms with E-state index >= 15 is 0 Å². The molecule has 0 bridgehead atoms. The van der Waals surface area contributed by atoms with Crippen molar-refractivity contribution in [1.29, 1.82) is 0 Å². The Morgan fingerprint density at radius 1 is 1.15 bits per heavy atom. The van der Waals surface area contributed by atoms with Gasteiger partial charge in [-0.15, -0.1) is 0 Å². The Morgan fingerprint density at radius 2 is 1.85 bits per heavy atom. The Kier molecular flexibility index (Phi) is 6.14. The van der Waals surface area contributed by atoms with Gasteiger partial charge in [0.25, 0.3) is 0 Å². The van der Waals surface area contributed by atoms with E-state index in [1.165, 1.54) is 0 Å². The van der Waals surface area contributed by atoms with Crippen LogP contribution >= 0.6 is 11.6 Å². The van der Waals surface area contributed by atoms with E-state index in [4.69, 9.17) is 21.1 Å². The van der Waals surface area contributed by atoms with Crippen molar-refractivity contribution in [2.75, 3.05) is 39.5 Å². The quantitative estimate of drug-likeness (QED) is 0.751. The first kappa shape index (κ1) is 15.6. The fourth-order valence-electron chi connectivity index (χ4n) is 2.36. The van der Waals surface area contributed by atoms with E-state index in [1.807, 2.05) is 19.9 Å². The molecule has 1 saturated heterocycles. The first-order valence-corrected chi connectivity index (χ1v) is 7.75. The summed E-state index contributed by atoms with van der Waals surface area (Å²) in [5.41, 5.74) is 2.18. The van der Waals surface area contributed by atoms with Crippen LogP contribution in [0.3, 0.4) is 0 Å². The number of nitrogens with zero attached hydrogens (tertiary/aromatic N) is 1. The molecule has 0 atom stereocenters. The largest absolute Gasteiger partial charge is 0.492 e. The average molecular weight is 298 g/mol. The third-order valence-electron chi connectivity index (χ3n) is 3.71. The molecule has 0 aliphatic carbocycles. The molecule has 1 aromatic carbocycles. The van der Waals surface area contributed by atoms with Crippen LogP contribution in [0.5, 0.6) is 5.75 Å². The van der Waals surface area contributed by atoms with Gasteiger partial charge in [-0.05, 0) is 44.4 Å². The highest BCUT2D eigenvalue weighted by Crippen LogP contribution is 2.31. The first-order chi connectivity index (χ1) is 9.68. The number of hydrogen-bond donors (Lipinski definition) is 0. The van der Waals surface area contributed by atoms with Gasteiger partial charge < -0.3 is 9.47 Å². The predicted octanol–water partition coefficient (Wildman–Crippen LogP) is 3.45. The topological polar surface area (TPSA) is 21.7 Å². The predicted molar refractivity (Wildman–Crippen MR) is 82.9 cm³/mol. The molecule has 0 amide bonds. The van der Waals surface area contributed by atoms with Crippen LogP contribution < -0.4 is 4.74 Å². The number of rotatable bonds is 6. The van der Waals surface area contributed by atoms with Crippen molar-refractivity contribution in [2.45, 2.75) is 26.7 Å². The molecule has 3 nitrogen and oxygen atoms in total. The molecular formula is C16H24ClNO2. The summed E-state index contributed by atoms with van der Waals surface area (Å²) in [5, 5.41) is 0.748. The van der Waals surface area contributed by atoms with Crippen molar-refractivity contribution in [2.24, 2.45) is 0 Å². The summed E-state index contributed by atoms with van der Waals surface area (Å²) in [4.78, 5) is 2.45. The van der Waals surface area contributed by atoms with Gasteiger partial charge in [0, 0.05) is 13.1 Å². The fourth-order valence-corrected chi connectivity index (χ4v) is 2.63. The van der Waals surface area contributed by atoms with Gasteiger partial charge >= 0.3 is 0 Å². The molecule has 1 aromatic rings. The van der Waals surface area contributed by atoms with Crippen LogP contribution in [0.2, 0.25) is 5.02 Å². The van der Waals surface area contributed by atoms with Crippen molar-refractivity contribution in [3.63, 3.8) is 0 Å². The summed E-state index contributed by atoms with van der Waals surface area (Å²) in [6, 6.07) is 4.09. The van der Waals surface area contributed by atoms with Gasteiger partial charge in [-0.25, -0.2) is 0 Å². The molecular weight excluding hydrogens is 274 g/mol. The highest BCUT2D eigenvalue weighted by molar-refractivity contribution is 6.32. The van der Waals surface area contributed by atoms with Crippen molar-refractivity contribution in [3.8, 4) is 5.75 Å². The molecule has 0 spiro atoms. The second-order valence-electron chi connectivity index (χ2n) is 5.35. The molecule has 4 heteroatoms. The number of unbranched alkanes of at least 4 members (excludes halogenated alkanes) is 1. The van der Waals surface area contributed by atoms with E-state index in [1.54, 1.807) is 0 Å². The number of halogens is 1. The first-order valence-electron chi connectivity index (χ1n) is 7.37. The van der Waals surface area contributed by atoms with Gasteiger partial charge in [-0.3, -0.25) is 4.90 Å². The van der Waals surface area contributed by atoms with Crippen LogP contribution in [-0.4, -0.2) is 44.4 Å². The maximum atomic E-state index is 6.29. The van der Waals surface area contributed by atoms with Crippen LogP contribution in [0.25, 0.3) is 0 Å². The van der Waals surface area contributed by atoms with Gasteiger partial charge in [0.15, 0.2) is 0 Å². The summed E-state index contributed by atoms with van der Waals surface area (Å²) < 4.78 is 11.2. The van der Waals surface area contributed by atoms with Crippen LogP contribution in [0, 0.1) is 13.8 Å². The molecule has 0 radical (unpaired) electrons. The lowest BCUT2D eigenvalue weighted by molar-refractivity contribution is 0.0368. The summed E-state index contributed by atoms with van der Waals surface area (Å²) in [6.45, 7) is 9.76. The van der Waals surface area contributed by atoms with Crippen LogP contribution in [0.1, 0.15) is 24.0 Å². The minimum atomic E-state index is 0.731. The van der Waals surface area contributed by atoms with Gasteiger partial charge in [-0.1, -0.05) is 23.7 Å². The van der Waals surface area contributed by atoms with E-state index < -0.39 is 0 Å². The molecule has 0 saturated carbocycles. The third-order valence-corrected chi connectivity index (χ3v) is 4.18. The monoisotopic (exact) mass is 297 g/mol. The molecule has 2 rings (SSSR count). The lowest BCUT2D eigenvalue weighted by Crippen LogP contribution is -2.36. The zero-order valence-corrected chi connectivity index (χ0v) is 13.2. The van der Waals surface area contributed by atoms with Crippen molar-refractivity contribution in [1.82, 2.24) is 4.90 Å². The van der Waals surface area contributed by atoms with Crippen LogP contribution in [-0.2, 0) is 4.74 Å². The minimum Gasteiger partial charge on any atom is -0.492 e. The lowest BCUT2D eigenvalue weighted by Gasteiger charge is -2.26. The van der Waals surface area contributed by atoms with E-state index in [-0.39, 0.29) is 0 Å². The highest BCUT2D eigenvalue weighted by Gasteiger charge is 2.10. The van der Waals surface area contributed by atoms with E-state index in [2.05, 4.69) is 11.0 Å². The lowest BCUT2D eigenvalue weighted by atomic mass is 10.1. The van der Waals surface area contributed by atoms with Crippen molar-refractivity contribution < 1.29 is 9.47 Å². The van der Waals surface area contributed by atoms with E-state index in [0.717, 1.165) is 74.2 Å². The molecule has 1 heterocycles. The van der Waals surface area contributed by atoms with Crippen LogP contribution in [0.4, 0.5) is 0 Å². The Hall–Kier alpha value is -0.770. The Balaban J connectivity index is 1.69. The van der Waals surface area contributed by atoms with Crippen molar-refractivity contribution in [3.05, 3.63) is 28.3 Å². The van der Waals surface area contributed by atoms with Crippen LogP contribution in [0.15, 0.2) is 12.1 Å². The molecule has 0 aromatic heterocycles. The van der Waals surface area contributed by atoms with E-state index in [0.29, 0.717) is 0 Å². The smallest absolute Gasteiger partial charge is 0.141 e. The zero-order chi connectivity index (χ0) is 14.4. The second kappa shape index (κ2) is 7.87. The van der Waals surface area contributed by atoms with Gasteiger partial charge in [0.1, 0.15) is 5.75 Å². The molecule has 112 valence electrons. The highest BCUT2D eigenvalue weighted by atomic mass is 35.5. The SMILES string of the molecule is Cc1ccc(C)c(OCCCCN2CCOCC2)c1Cl. The number of hydrogen-bond acceptors (Lipinski definition) is 3. The Morgan fingerprint density at radius 3 is 2.60 bits per heavy atom. The summed E-state index contributed by atoms with van der Waals surface area (Å²) >= 11 is 6.29.